The first-order chi connectivity index (χ1) is 11.5. The van der Waals surface area contributed by atoms with Crippen molar-refractivity contribution in [1.29, 1.82) is 0 Å². The fraction of sp³-hybridized carbons (Fsp3) is 0.800. The maximum absolute atomic E-state index is 6.77. The highest BCUT2D eigenvalue weighted by Gasteiger charge is 2.49. The summed E-state index contributed by atoms with van der Waals surface area (Å²) >= 11 is 0. The van der Waals surface area contributed by atoms with Crippen molar-refractivity contribution < 1.29 is 18.3 Å². The van der Waals surface area contributed by atoms with E-state index in [0.29, 0.717) is 0 Å². The highest BCUT2D eigenvalue weighted by atomic mass is 28.4. The molecule has 2 heterocycles. The lowest BCUT2D eigenvalue weighted by Gasteiger charge is -2.40. The number of unbranched alkanes of at least 4 members (excludes halogenated alkanes) is 1. The standard InChI is InChI=1S/C20H36O4Si/c1-9-10-12-16-17(23-20(5,6)22-16)18(15-13-11-14-21-15)24-25(7,8)19(2,3)4/h11,13-14,16-18H,9-10,12H2,1-8H3/t16-,17+,18+/m0/s1. The zero-order chi connectivity index (χ0) is 18.9. The Morgan fingerprint density at radius 3 is 2.44 bits per heavy atom. The van der Waals surface area contributed by atoms with Gasteiger partial charge in [-0.1, -0.05) is 40.5 Å². The zero-order valence-corrected chi connectivity index (χ0v) is 18.2. The van der Waals surface area contributed by atoms with Gasteiger partial charge in [-0.15, -0.1) is 0 Å². The van der Waals surface area contributed by atoms with E-state index in [2.05, 4.69) is 40.8 Å². The van der Waals surface area contributed by atoms with E-state index < -0.39 is 14.1 Å². The Kier molecular flexibility index (Phi) is 6.25. The van der Waals surface area contributed by atoms with Crippen LogP contribution in [0.2, 0.25) is 18.1 Å². The molecule has 0 bridgehead atoms. The average molecular weight is 369 g/mol. The molecule has 144 valence electrons. The SMILES string of the molecule is CCCC[C@@H]1OC(C)(C)O[C@H]1[C@H](O[Si](C)(C)C(C)(C)C)c1ccco1. The maximum Gasteiger partial charge on any atom is 0.193 e. The van der Waals surface area contributed by atoms with E-state index >= 15 is 0 Å². The number of hydrogen-bond acceptors (Lipinski definition) is 4. The van der Waals surface area contributed by atoms with Crippen LogP contribution in [-0.4, -0.2) is 26.3 Å². The molecule has 0 saturated carbocycles. The lowest BCUT2D eigenvalue weighted by molar-refractivity contribution is -0.155. The summed E-state index contributed by atoms with van der Waals surface area (Å²) in [5.74, 6) is 0.239. The van der Waals surface area contributed by atoms with Gasteiger partial charge in [-0.2, -0.15) is 0 Å². The van der Waals surface area contributed by atoms with Gasteiger partial charge in [0.1, 0.15) is 18.0 Å². The molecule has 1 saturated heterocycles. The van der Waals surface area contributed by atoms with Gasteiger partial charge in [-0.3, -0.25) is 0 Å². The summed E-state index contributed by atoms with van der Waals surface area (Å²) < 4.78 is 25.1. The van der Waals surface area contributed by atoms with Crippen LogP contribution in [0.3, 0.4) is 0 Å². The van der Waals surface area contributed by atoms with Gasteiger partial charge >= 0.3 is 0 Å². The first-order valence-electron chi connectivity index (χ1n) is 9.54. The second-order valence-electron chi connectivity index (χ2n) is 9.10. The molecule has 1 aromatic rings. The van der Waals surface area contributed by atoms with E-state index in [1.807, 2.05) is 26.0 Å². The minimum absolute atomic E-state index is 0.0230. The Bertz CT molecular complexity index is 530. The molecule has 3 atom stereocenters. The fourth-order valence-corrected chi connectivity index (χ4v) is 4.22. The van der Waals surface area contributed by atoms with E-state index in [-0.39, 0.29) is 23.4 Å². The van der Waals surface area contributed by atoms with Gasteiger partial charge in [-0.05, 0) is 50.5 Å². The summed E-state index contributed by atoms with van der Waals surface area (Å²) in [6.07, 6.45) is 4.57. The smallest absolute Gasteiger partial charge is 0.193 e. The molecule has 0 aromatic carbocycles. The van der Waals surface area contributed by atoms with Crippen LogP contribution in [0.1, 0.15) is 72.7 Å². The van der Waals surface area contributed by atoms with Crippen LogP contribution in [0.4, 0.5) is 0 Å². The molecule has 0 radical (unpaired) electrons. The van der Waals surface area contributed by atoms with Gasteiger partial charge in [0.2, 0.25) is 0 Å². The van der Waals surface area contributed by atoms with Crippen LogP contribution in [0.5, 0.6) is 0 Å². The predicted molar refractivity (Wildman–Crippen MR) is 103 cm³/mol. The number of furan rings is 1. The Morgan fingerprint density at radius 1 is 1.24 bits per heavy atom. The Balaban J connectivity index is 2.31. The summed E-state index contributed by atoms with van der Waals surface area (Å²) in [6, 6.07) is 3.91. The maximum atomic E-state index is 6.77. The van der Waals surface area contributed by atoms with E-state index in [4.69, 9.17) is 18.3 Å². The molecule has 1 aromatic heterocycles. The zero-order valence-electron chi connectivity index (χ0n) is 17.2. The Hall–Kier alpha value is -0.623. The molecule has 5 heteroatoms. The van der Waals surface area contributed by atoms with Crippen molar-refractivity contribution >= 4 is 8.32 Å². The third-order valence-corrected chi connectivity index (χ3v) is 9.87. The lowest BCUT2D eigenvalue weighted by atomic mass is 10.0. The summed E-state index contributed by atoms with van der Waals surface area (Å²) in [7, 11) is -1.99. The van der Waals surface area contributed by atoms with E-state index in [0.717, 1.165) is 25.0 Å². The van der Waals surface area contributed by atoms with E-state index in [9.17, 15) is 0 Å². The summed E-state index contributed by atoms with van der Waals surface area (Å²) in [6.45, 7) is 17.5. The van der Waals surface area contributed by atoms with Crippen LogP contribution < -0.4 is 0 Å². The molecule has 1 aliphatic heterocycles. The molecule has 0 aliphatic carbocycles. The van der Waals surface area contributed by atoms with Crippen molar-refractivity contribution in [3.8, 4) is 0 Å². The van der Waals surface area contributed by atoms with Crippen LogP contribution >= 0.6 is 0 Å². The van der Waals surface area contributed by atoms with Gasteiger partial charge in [-0.25, -0.2) is 0 Å². The highest BCUT2D eigenvalue weighted by molar-refractivity contribution is 6.74. The van der Waals surface area contributed by atoms with Crippen molar-refractivity contribution in [2.24, 2.45) is 0 Å². The molecule has 1 fully saturated rings. The molecule has 0 N–H and O–H groups in total. The summed E-state index contributed by atoms with van der Waals surface area (Å²) in [4.78, 5) is 0. The third kappa shape index (κ3) is 4.97. The van der Waals surface area contributed by atoms with Gasteiger partial charge < -0.3 is 18.3 Å². The lowest BCUT2D eigenvalue weighted by Crippen LogP contribution is -2.45. The monoisotopic (exact) mass is 368 g/mol. The Morgan fingerprint density at radius 2 is 1.92 bits per heavy atom. The highest BCUT2D eigenvalue weighted by Crippen LogP contribution is 2.45. The first-order valence-corrected chi connectivity index (χ1v) is 12.4. The van der Waals surface area contributed by atoms with E-state index in [1.54, 1.807) is 6.26 Å². The van der Waals surface area contributed by atoms with Crippen LogP contribution in [-0.2, 0) is 13.9 Å². The molecule has 2 rings (SSSR count). The Labute approximate surface area is 154 Å². The topological polar surface area (TPSA) is 40.8 Å². The predicted octanol–water partition coefficient (Wildman–Crippen LogP) is 6.05. The van der Waals surface area contributed by atoms with Crippen molar-refractivity contribution in [3.63, 3.8) is 0 Å². The number of rotatable bonds is 7. The van der Waals surface area contributed by atoms with Crippen molar-refractivity contribution in [2.75, 3.05) is 0 Å². The largest absolute Gasteiger partial charge is 0.467 e. The molecule has 4 nitrogen and oxygen atoms in total. The normalized spacial score (nSPS) is 25.3. The summed E-state index contributed by atoms with van der Waals surface area (Å²) in [5.41, 5.74) is 0. The van der Waals surface area contributed by atoms with Gasteiger partial charge in [0.25, 0.3) is 0 Å². The molecular weight excluding hydrogens is 332 g/mol. The molecule has 25 heavy (non-hydrogen) atoms. The second kappa shape index (κ2) is 7.55. The quantitative estimate of drug-likeness (QED) is 0.549. The van der Waals surface area contributed by atoms with Crippen molar-refractivity contribution in [3.05, 3.63) is 24.2 Å². The molecule has 1 aliphatic rings. The van der Waals surface area contributed by atoms with Crippen LogP contribution in [0.15, 0.2) is 22.8 Å². The summed E-state index contributed by atoms with van der Waals surface area (Å²) in [5, 5.41) is 0.117. The van der Waals surface area contributed by atoms with E-state index in [1.165, 1.54) is 0 Å². The molecule has 0 spiro atoms. The molecule has 0 amide bonds. The minimum Gasteiger partial charge on any atom is -0.467 e. The third-order valence-electron chi connectivity index (χ3n) is 5.41. The molecular formula is C20H36O4Si. The minimum atomic E-state index is -1.99. The van der Waals surface area contributed by atoms with Crippen LogP contribution in [0.25, 0.3) is 0 Å². The van der Waals surface area contributed by atoms with Crippen molar-refractivity contribution in [2.45, 2.75) is 103 Å². The first kappa shape index (κ1) is 20.7. The number of ether oxygens (including phenoxy) is 2. The van der Waals surface area contributed by atoms with Gasteiger partial charge in [0.15, 0.2) is 14.1 Å². The molecule has 0 unspecified atom stereocenters. The fourth-order valence-electron chi connectivity index (χ4n) is 2.98. The second-order valence-corrected chi connectivity index (χ2v) is 13.9. The van der Waals surface area contributed by atoms with Gasteiger partial charge in [0.05, 0.1) is 12.4 Å². The van der Waals surface area contributed by atoms with Crippen LogP contribution in [0, 0.1) is 0 Å². The average Bonchev–Trinajstić information content (AvgIpc) is 3.09. The van der Waals surface area contributed by atoms with Gasteiger partial charge in [0, 0.05) is 0 Å². The van der Waals surface area contributed by atoms with Crippen molar-refractivity contribution in [1.82, 2.24) is 0 Å². The number of hydrogen-bond donors (Lipinski definition) is 0.